The van der Waals surface area contributed by atoms with Crippen LogP contribution in [0.1, 0.15) is 37.0 Å². The summed E-state index contributed by atoms with van der Waals surface area (Å²) in [6.45, 7) is 10.9. The molecule has 0 aliphatic heterocycles. The Hall–Kier alpha value is -2.17. The fraction of sp³-hybridized carbons (Fsp3) is 0.375. The SMILES string of the molecule is CCOCCCn1c(-c2ccc(CC)cc2)csc1=Nc1ccc(C)cc1C. The van der Waals surface area contributed by atoms with E-state index in [0.717, 1.165) is 43.1 Å². The third kappa shape index (κ3) is 5.00. The molecule has 1 heterocycles. The van der Waals surface area contributed by atoms with Crippen LogP contribution >= 0.6 is 11.3 Å². The lowest BCUT2D eigenvalue weighted by Gasteiger charge is -2.10. The molecule has 0 saturated heterocycles. The Morgan fingerprint density at radius 3 is 2.50 bits per heavy atom. The van der Waals surface area contributed by atoms with Gasteiger partial charge in [-0.05, 0) is 56.4 Å². The van der Waals surface area contributed by atoms with Crippen molar-refractivity contribution >= 4 is 17.0 Å². The van der Waals surface area contributed by atoms with Crippen molar-refractivity contribution in [2.75, 3.05) is 13.2 Å². The van der Waals surface area contributed by atoms with E-state index in [4.69, 9.17) is 9.73 Å². The van der Waals surface area contributed by atoms with Crippen LogP contribution in [0.5, 0.6) is 0 Å². The summed E-state index contributed by atoms with van der Waals surface area (Å²) in [6, 6.07) is 15.3. The molecule has 0 aliphatic carbocycles. The third-order valence-electron chi connectivity index (χ3n) is 4.90. The van der Waals surface area contributed by atoms with Crippen molar-refractivity contribution in [2.24, 2.45) is 4.99 Å². The van der Waals surface area contributed by atoms with Gasteiger partial charge in [-0.25, -0.2) is 4.99 Å². The van der Waals surface area contributed by atoms with Gasteiger partial charge in [-0.15, -0.1) is 11.3 Å². The Morgan fingerprint density at radius 1 is 1.04 bits per heavy atom. The van der Waals surface area contributed by atoms with Crippen molar-refractivity contribution in [2.45, 2.75) is 47.1 Å². The molecule has 2 aromatic carbocycles. The molecule has 3 rings (SSSR count). The first-order chi connectivity index (χ1) is 13.6. The van der Waals surface area contributed by atoms with E-state index >= 15 is 0 Å². The Kier molecular flexibility index (Phi) is 7.24. The van der Waals surface area contributed by atoms with Gasteiger partial charge in [0.15, 0.2) is 4.80 Å². The van der Waals surface area contributed by atoms with Crippen LogP contribution in [-0.4, -0.2) is 17.8 Å². The van der Waals surface area contributed by atoms with Crippen LogP contribution in [0.2, 0.25) is 0 Å². The summed E-state index contributed by atoms with van der Waals surface area (Å²) in [4.78, 5) is 6.04. The predicted molar refractivity (Wildman–Crippen MR) is 119 cm³/mol. The van der Waals surface area contributed by atoms with Crippen molar-refractivity contribution in [1.82, 2.24) is 4.57 Å². The third-order valence-corrected chi connectivity index (χ3v) is 5.76. The van der Waals surface area contributed by atoms with E-state index < -0.39 is 0 Å². The second-order valence-corrected chi connectivity index (χ2v) is 7.89. The van der Waals surface area contributed by atoms with Gasteiger partial charge in [0.25, 0.3) is 0 Å². The number of benzene rings is 2. The van der Waals surface area contributed by atoms with Crippen LogP contribution in [-0.2, 0) is 17.7 Å². The van der Waals surface area contributed by atoms with E-state index in [-0.39, 0.29) is 0 Å². The lowest BCUT2D eigenvalue weighted by atomic mass is 10.1. The second-order valence-electron chi connectivity index (χ2n) is 7.06. The summed E-state index contributed by atoms with van der Waals surface area (Å²) >= 11 is 1.71. The minimum Gasteiger partial charge on any atom is -0.382 e. The first kappa shape index (κ1) is 20.6. The molecule has 4 heteroatoms. The van der Waals surface area contributed by atoms with Crippen LogP contribution in [0.15, 0.2) is 52.8 Å². The lowest BCUT2D eigenvalue weighted by molar-refractivity contribution is 0.141. The van der Waals surface area contributed by atoms with Crippen LogP contribution in [0.25, 0.3) is 11.3 Å². The standard InChI is InChI=1S/C24H30N2OS/c1-5-20-9-11-21(12-10-20)23-17-28-24(26(23)14-7-15-27-6-2)25-22-13-8-18(3)16-19(22)4/h8-13,16-17H,5-7,14-15H2,1-4H3. The molecule has 0 unspecified atom stereocenters. The van der Waals surface area contributed by atoms with Gasteiger partial charge in [0, 0.05) is 25.1 Å². The van der Waals surface area contributed by atoms with Crippen molar-refractivity contribution in [3.63, 3.8) is 0 Å². The van der Waals surface area contributed by atoms with E-state index in [0.29, 0.717) is 0 Å². The van der Waals surface area contributed by atoms with Gasteiger partial charge in [-0.1, -0.05) is 48.9 Å². The number of rotatable bonds is 8. The van der Waals surface area contributed by atoms with Crippen LogP contribution in [0, 0.1) is 13.8 Å². The van der Waals surface area contributed by atoms with E-state index in [9.17, 15) is 0 Å². The van der Waals surface area contributed by atoms with Crippen LogP contribution in [0.3, 0.4) is 0 Å². The molecule has 3 nitrogen and oxygen atoms in total. The van der Waals surface area contributed by atoms with Gasteiger partial charge in [0.1, 0.15) is 0 Å². The summed E-state index contributed by atoms with van der Waals surface area (Å²) in [7, 11) is 0. The molecule has 1 aromatic heterocycles. The maximum Gasteiger partial charge on any atom is 0.190 e. The predicted octanol–water partition coefficient (Wildman–Crippen LogP) is 6.05. The Balaban J connectivity index is 2.01. The first-order valence-corrected chi connectivity index (χ1v) is 11.0. The Labute approximate surface area is 172 Å². The van der Waals surface area contributed by atoms with E-state index in [1.165, 1.54) is 27.9 Å². The monoisotopic (exact) mass is 394 g/mol. The number of aromatic nitrogens is 1. The van der Waals surface area contributed by atoms with E-state index in [1.807, 2.05) is 6.92 Å². The van der Waals surface area contributed by atoms with E-state index in [1.54, 1.807) is 11.3 Å². The molecule has 0 N–H and O–H groups in total. The van der Waals surface area contributed by atoms with Gasteiger partial charge in [-0.2, -0.15) is 0 Å². The largest absolute Gasteiger partial charge is 0.382 e. The topological polar surface area (TPSA) is 26.5 Å². The van der Waals surface area contributed by atoms with Crippen molar-refractivity contribution < 1.29 is 4.74 Å². The van der Waals surface area contributed by atoms with Crippen molar-refractivity contribution in [3.8, 4) is 11.3 Å². The first-order valence-electron chi connectivity index (χ1n) is 10.1. The molecule has 0 aliphatic rings. The maximum atomic E-state index is 5.56. The minimum absolute atomic E-state index is 0.763. The summed E-state index contributed by atoms with van der Waals surface area (Å²) in [5.74, 6) is 0. The van der Waals surface area contributed by atoms with Crippen molar-refractivity contribution in [3.05, 3.63) is 69.3 Å². The maximum absolute atomic E-state index is 5.56. The fourth-order valence-corrected chi connectivity index (χ4v) is 4.23. The van der Waals surface area contributed by atoms with Crippen LogP contribution < -0.4 is 4.80 Å². The molecule has 3 aromatic rings. The number of ether oxygens (including phenoxy) is 1. The summed E-state index contributed by atoms with van der Waals surface area (Å²) in [5.41, 5.74) is 7.35. The van der Waals surface area contributed by atoms with Gasteiger partial charge in [0.2, 0.25) is 0 Å². The molecular formula is C24H30N2OS. The average Bonchev–Trinajstić information content (AvgIpc) is 3.10. The molecule has 0 spiro atoms. The zero-order valence-corrected chi connectivity index (χ0v) is 18.2. The minimum atomic E-state index is 0.763. The highest BCUT2D eigenvalue weighted by atomic mass is 32.1. The fourth-order valence-electron chi connectivity index (χ4n) is 3.28. The smallest absolute Gasteiger partial charge is 0.190 e. The number of hydrogen-bond acceptors (Lipinski definition) is 3. The lowest BCUT2D eigenvalue weighted by Crippen LogP contribution is -2.17. The highest BCUT2D eigenvalue weighted by Crippen LogP contribution is 2.23. The molecule has 0 amide bonds. The molecule has 0 atom stereocenters. The van der Waals surface area contributed by atoms with Gasteiger partial charge in [-0.3, -0.25) is 0 Å². The molecule has 0 saturated carbocycles. The molecular weight excluding hydrogens is 364 g/mol. The quantitative estimate of drug-likeness (QED) is 0.427. The number of aryl methyl sites for hydroxylation is 3. The summed E-state index contributed by atoms with van der Waals surface area (Å²) in [6.07, 6.45) is 2.04. The van der Waals surface area contributed by atoms with Gasteiger partial charge < -0.3 is 9.30 Å². The highest BCUT2D eigenvalue weighted by molar-refractivity contribution is 7.07. The Bertz CT molecular complexity index is 967. The molecule has 0 bridgehead atoms. The zero-order chi connectivity index (χ0) is 19.9. The molecule has 28 heavy (non-hydrogen) atoms. The molecule has 0 fully saturated rings. The van der Waals surface area contributed by atoms with Gasteiger partial charge >= 0.3 is 0 Å². The van der Waals surface area contributed by atoms with Crippen molar-refractivity contribution in [1.29, 1.82) is 0 Å². The summed E-state index contributed by atoms with van der Waals surface area (Å²) in [5, 5.41) is 2.23. The Morgan fingerprint density at radius 2 is 1.82 bits per heavy atom. The summed E-state index contributed by atoms with van der Waals surface area (Å²) < 4.78 is 7.89. The average molecular weight is 395 g/mol. The number of thiazole rings is 1. The number of nitrogens with zero attached hydrogens (tertiary/aromatic N) is 2. The molecule has 148 valence electrons. The molecule has 0 radical (unpaired) electrons. The highest BCUT2D eigenvalue weighted by Gasteiger charge is 2.09. The normalized spacial score (nSPS) is 11.9. The second kappa shape index (κ2) is 9.85. The van der Waals surface area contributed by atoms with Gasteiger partial charge in [0.05, 0.1) is 11.4 Å². The van der Waals surface area contributed by atoms with Crippen LogP contribution in [0.4, 0.5) is 5.69 Å². The zero-order valence-electron chi connectivity index (χ0n) is 17.4. The number of hydrogen-bond donors (Lipinski definition) is 0. The van der Waals surface area contributed by atoms with E-state index in [2.05, 4.69) is 73.2 Å².